The Bertz CT molecular complexity index is 815. The van der Waals surface area contributed by atoms with E-state index in [1.165, 1.54) is 0 Å². The SMILES string of the molecule is O=C(O)c1c(C(F)(F)F)oc2ccc(C(F)(F)F)cc2c1=O. The molecule has 10 heteroatoms. The Morgan fingerprint density at radius 2 is 1.64 bits per heavy atom. The van der Waals surface area contributed by atoms with Gasteiger partial charge in [0.1, 0.15) is 5.58 Å². The van der Waals surface area contributed by atoms with Gasteiger partial charge in [-0.05, 0) is 18.2 Å². The van der Waals surface area contributed by atoms with E-state index >= 15 is 0 Å². The van der Waals surface area contributed by atoms with Gasteiger partial charge in [-0.1, -0.05) is 0 Å². The molecule has 1 N–H and O–H groups in total. The lowest BCUT2D eigenvalue weighted by molar-refractivity contribution is -0.153. The Labute approximate surface area is 116 Å². The summed E-state index contributed by atoms with van der Waals surface area (Å²) in [6.07, 6.45) is -10.1. The van der Waals surface area contributed by atoms with Crippen LogP contribution in [0.2, 0.25) is 0 Å². The summed E-state index contributed by atoms with van der Waals surface area (Å²) >= 11 is 0. The molecule has 0 amide bonds. The maximum atomic E-state index is 12.7. The fraction of sp³-hybridized carbons (Fsp3) is 0.167. The molecule has 0 spiro atoms. The topological polar surface area (TPSA) is 67.5 Å². The van der Waals surface area contributed by atoms with Gasteiger partial charge in [0.2, 0.25) is 11.2 Å². The monoisotopic (exact) mass is 326 g/mol. The van der Waals surface area contributed by atoms with Gasteiger partial charge in [-0.15, -0.1) is 0 Å². The molecule has 0 atom stereocenters. The van der Waals surface area contributed by atoms with E-state index in [-0.39, 0.29) is 6.07 Å². The van der Waals surface area contributed by atoms with Gasteiger partial charge in [-0.25, -0.2) is 4.79 Å². The number of halogens is 6. The summed E-state index contributed by atoms with van der Waals surface area (Å²) in [7, 11) is 0. The first-order chi connectivity index (χ1) is 9.93. The van der Waals surface area contributed by atoms with Gasteiger partial charge in [-0.2, -0.15) is 26.3 Å². The molecule has 118 valence electrons. The Balaban J connectivity index is 2.92. The van der Waals surface area contributed by atoms with Crippen molar-refractivity contribution in [2.24, 2.45) is 0 Å². The maximum Gasteiger partial charge on any atom is 0.450 e. The minimum absolute atomic E-state index is 0.244. The highest BCUT2D eigenvalue weighted by Gasteiger charge is 2.41. The summed E-state index contributed by atoms with van der Waals surface area (Å²) in [5, 5.41) is 7.81. The van der Waals surface area contributed by atoms with Crippen LogP contribution in [0.15, 0.2) is 27.4 Å². The molecular formula is C12H4F6O4. The minimum Gasteiger partial charge on any atom is -0.477 e. The molecule has 0 bridgehead atoms. The molecule has 1 aromatic carbocycles. The van der Waals surface area contributed by atoms with E-state index in [0.29, 0.717) is 12.1 Å². The largest absolute Gasteiger partial charge is 0.477 e. The molecule has 2 aromatic rings. The number of carboxylic acid groups (broad SMARTS) is 1. The van der Waals surface area contributed by atoms with Gasteiger partial charge >= 0.3 is 18.3 Å². The lowest BCUT2D eigenvalue weighted by Gasteiger charge is -2.11. The van der Waals surface area contributed by atoms with Gasteiger partial charge < -0.3 is 9.52 Å². The third kappa shape index (κ3) is 2.63. The van der Waals surface area contributed by atoms with E-state index in [4.69, 9.17) is 5.11 Å². The zero-order chi connectivity index (χ0) is 16.9. The molecule has 4 nitrogen and oxygen atoms in total. The molecular weight excluding hydrogens is 322 g/mol. The van der Waals surface area contributed by atoms with Crippen LogP contribution in [0.3, 0.4) is 0 Å². The third-order valence-electron chi connectivity index (χ3n) is 2.69. The predicted octanol–water partition coefficient (Wildman–Crippen LogP) is 3.53. The van der Waals surface area contributed by atoms with Gasteiger partial charge in [0.15, 0.2) is 5.56 Å². The summed E-state index contributed by atoms with van der Waals surface area (Å²) < 4.78 is 80.1. The fourth-order valence-electron chi connectivity index (χ4n) is 1.77. The third-order valence-corrected chi connectivity index (χ3v) is 2.69. The molecule has 0 aliphatic carbocycles. The lowest BCUT2D eigenvalue weighted by atomic mass is 10.1. The van der Waals surface area contributed by atoms with Crippen LogP contribution in [-0.2, 0) is 12.4 Å². The summed E-state index contributed by atoms with van der Waals surface area (Å²) in [6.45, 7) is 0. The first kappa shape index (κ1) is 15.9. The number of alkyl halides is 6. The zero-order valence-electron chi connectivity index (χ0n) is 10.2. The number of hydrogen-bond donors (Lipinski definition) is 1. The molecule has 1 heterocycles. The molecule has 0 aliphatic heterocycles. The van der Waals surface area contributed by atoms with Crippen LogP contribution in [-0.4, -0.2) is 11.1 Å². The molecule has 0 fully saturated rings. The van der Waals surface area contributed by atoms with Crippen molar-refractivity contribution < 1.29 is 40.7 Å². The summed E-state index contributed by atoms with van der Waals surface area (Å²) in [6, 6.07) is 1.19. The van der Waals surface area contributed by atoms with Gasteiger partial charge in [-0.3, -0.25) is 4.79 Å². The molecule has 0 saturated carbocycles. The van der Waals surface area contributed by atoms with Crippen molar-refractivity contribution in [3.63, 3.8) is 0 Å². The summed E-state index contributed by atoms with van der Waals surface area (Å²) in [5.74, 6) is -4.32. The maximum absolute atomic E-state index is 12.7. The van der Waals surface area contributed by atoms with Crippen molar-refractivity contribution in [2.45, 2.75) is 12.4 Å². The van der Waals surface area contributed by atoms with E-state index in [9.17, 15) is 35.9 Å². The molecule has 1 aromatic heterocycles. The average Bonchev–Trinajstić information content (AvgIpc) is 2.35. The van der Waals surface area contributed by atoms with Gasteiger partial charge in [0.25, 0.3) is 0 Å². The fourth-order valence-corrected chi connectivity index (χ4v) is 1.77. The van der Waals surface area contributed by atoms with Crippen LogP contribution < -0.4 is 5.43 Å². The lowest BCUT2D eigenvalue weighted by Crippen LogP contribution is -2.23. The molecule has 22 heavy (non-hydrogen) atoms. The minimum atomic E-state index is -5.29. The van der Waals surface area contributed by atoms with E-state index in [1.807, 2.05) is 0 Å². The second-order valence-electron chi connectivity index (χ2n) is 4.15. The summed E-state index contributed by atoms with van der Waals surface area (Å²) in [5.41, 5.74) is -5.58. The first-order valence-electron chi connectivity index (χ1n) is 5.41. The highest BCUT2D eigenvalue weighted by molar-refractivity contribution is 5.93. The Morgan fingerprint density at radius 3 is 2.09 bits per heavy atom. The van der Waals surface area contributed by atoms with Crippen LogP contribution in [0, 0.1) is 0 Å². The average molecular weight is 326 g/mol. The van der Waals surface area contributed by atoms with E-state index < -0.39 is 51.6 Å². The number of carboxylic acids is 1. The van der Waals surface area contributed by atoms with Crippen LogP contribution in [0.1, 0.15) is 21.7 Å². The second kappa shape index (κ2) is 4.75. The van der Waals surface area contributed by atoms with Crippen molar-refractivity contribution in [1.29, 1.82) is 0 Å². The van der Waals surface area contributed by atoms with E-state index in [0.717, 1.165) is 0 Å². The van der Waals surface area contributed by atoms with Gasteiger partial charge in [0.05, 0.1) is 10.9 Å². The predicted molar refractivity (Wildman–Crippen MR) is 59.4 cm³/mol. The van der Waals surface area contributed by atoms with Crippen LogP contribution in [0.25, 0.3) is 11.0 Å². The van der Waals surface area contributed by atoms with Crippen molar-refractivity contribution in [3.8, 4) is 0 Å². The van der Waals surface area contributed by atoms with Crippen molar-refractivity contribution in [2.75, 3.05) is 0 Å². The van der Waals surface area contributed by atoms with Gasteiger partial charge in [0, 0.05) is 0 Å². The number of carbonyl (C=O) groups is 1. The van der Waals surface area contributed by atoms with Crippen LogP contribution >= 0.6 is 0 Å². The number of aromatic carboxylic acids is 1. The molecule has 0 unspecified atom stereocenters. The number of fused-ring (bicyclic) bond motifs is 1. The molecule has 2 rings (SSSR count). The number of benzene rings is 1. The highest BCUT2D eigenvalue weighted by Crippen LogP contribution is 2.35. The summed E-state index contributed by atoms with van der Waals surface area (Å²) in [4.78, 5) is 22.6. The van der Waals surface area contributed by atoms with Crippen LogP contribution in [0.5, 0.6) is 0 Å². The van der Waals surface area contributed by atoms with Crippen LogP contribution in [0.4, 0.5) is 26.3 Å². The molecule has 0 aliphatic rings. The van der Waals surface area contributed by atoms with Crippen molar-refractivity contribution in [3.05, 3.63) is 45.3 Å². The normalized spacial score (nSPS) is 12.6. The van der Waals surface area contributed by atoms with Crippen molar-refractivity contribution in [1.82, 2.24) is 0 Å². The van der Waals surface area contributed by atoms with Crippen molar-refractivity contribution >= 4 is 16.9 Å². The Morgan fingerprint density at radius 1 is 1.05 bits per heavy atom. The second-order valence-corrected chi connectivity index (χ2v) is 4.15. The number of rotatable bonds is 1. The number of hydrogen-bond acceptors (Lipinski definition) is 3. The quantitative estimate of drug-likeness (QED) is 0.814. The standard InChI is InChI=1S/C12H4F6O4/c13-11(14,15)4-1-2-6-5(3-4)8(19)7(10(20)21)9(22-6)12(16,17)18/h1-3H,(H,20,21). The van der Waals surface area contributed by atoms with E-state index in [2.05, 4.69) is 4.42 Å². The first-order valence-corrected chi connectivity index (χ1v) is 5.41. The molecule has 0 saturated heterocycles. The Kier molecular flexibility index (Phi) is 3.42. The highest BCUT2D eigenvalue weighted by atomic mass is 19.4. The molecule has 0 radical (unpaired) electrons. The zero-order valence-corrected chi connectivity index (χ0v) is 10.2. The van der Waals surface area contributed by atoms with E-state index in [1.54, 1.807) is 0 Å². The Hall–Kier alpha value is -2.52. The smallest absolute Gasteiger partial charge is 0.450 e.